The van der Waals surface area contributed by atoms with Crippen LogP contribution in [0.1, 0.15) is 31.2 Å². The van der Waals surface area contributed by atoms with Gasteiger partial charge in [-0.3, -0.25) is 14.7 Å². The van der Waals surface area contributed by atoms with Crippen LogP contribution in [0.25, 0.3) is 22.0 Å². The molecular weight excluding hydrogens is 398 g/mol. The number of hydrogen-bond donors (Lipinski definition) is 0. The number of piperidine rings is 1. The molecule has 2 aromatic carbocycles. The predicted octanol–water partition coefficient (Wildman–Crippen LogP) is 4.67. The van der Waals surface area contributed by atoms with Crippen LogP contribution in [-0.4, -0.2) is 59.5 Å². The van der Waals surface area contributed by atoms with Gasteiger partial charge in [-0.25, -0.2) is 0 Å². The highest BCUT2D eigenvalue weighted by atomic mass is 16.5. The third-order valence-corrected chi connectivity index (χ3v) is 7.05. The first-order valence-corrected chi connectivity index (χ1v) is 11.7. The molecule has 0 aliphatic carbocycles. The lowest BCUT2D eigenvalue weighted by Crippen LogP contribution is -2.48. The zero-order valence-electron chi connectivity index (χ0n) is 19.0. The lowest BCUT2D eigenvalue weighted by Gasteiger charge is -2.34. The Labute approximate surface area is 190 Å². The molecule has 0 bridgehead atoms. The largest absolute Gasteiger partial charge is 0.490 e. The Kier molecular flexibility index (Phi) is 5.83. The second-order valence-corrected chi connectivity index (χ2v) is 9.12. The smallest absolute Gasteiger partial charge is 0.239 e. The van der Waals surface area contributed by atoms with Crippen molar-refractivity contribution < 1.29 is 9.53 Å². The standard InChI is InChI=1S/C27H31N3O2/c1-19-24(12-9-21-5-3-15-28-26(19)21)20-7-10-22(11-8-20)32-23-13-17-30(18-14-23)27(31)25-6-4-16-29(25)2/h3,5,7-12,15,23,25H,4,6,13-14,16-18H2,1-2H3/t25-/m1/s1. The summed E-state index contributed by atoms with van der Waals surface area (Å²) in [6, 6.07) is 16.8. The molecule has 2 fully saturated rings. The molecule has 32 heavy (non-hydrogen) atoms. The quantitative estimate of drug-likeness (QED) is 0.604. The van der Waals surface area contributed by atoms with Gasteiger partial charge in [0.2, 0.25) is 5.91 Å². The molecule has 0 saturated carbocycles. The number of carbonyl (C=O) groups is 1. The summed E-state index contributed by atoms with van der Waals surface area (Å²) < 4.78 is 6.26. The van der Waals surface area contributed by atoms with Crippen molar-refractivity contribution in [2.24, 2.45) is 0 Å². The summed E-state index contributed by atoms with van der Waals surface area (Å²) >= 11 is 0. The van der Waals surface area contributed by atoms with Gasteiger partial charge in [0.1, 0.15) is 11.9 Å². The minimum Gasteiger partial charge on any atom is -0.490 e. The molecule has 166 valence electrons. The highest BCUT2D eigenvalue weighted by Crippen LogP contribution is 2.30. The minimum atomic E-state index is 0.0776. The monoisotopic (exact) mass is 429 g/mol. The molecular formula is C27H31N3O2. The number of aryl methyl sites for hydroxylation is 1. The van der Waals surface area contributed by atoms with Crippen molar-refractivity contribution in [3.8, 4) is 16.9 Å². The van der Waals surface area contributed by atoms with Crippen molar-refractivity contribution >= 4 is 16.8 Å². The molecule has 1 amide bonds. The third kappa shape index (κ3) is 4.09. The molecule has 0 radical (unpaired) electrons. The topological polar surface area (TPSA) is 45.7 Å². The Balaban J connectivity index is 1.21. The van der Waals surface area contributed by atoms with E-state index in [0.717, 1.165) is 62.0 Å². The third-order valence-electron chi connectivity index (χ3n) is 7.05. The summed E-state index contributed by atoms with van der Waals surface area (Å²) in [5, 5.41) is 1.16. The van der Waals surface area contributed by atoms with Crippen LogP contribution in [0.5, 0.6) is 5.75 Å². The van der Waals surface area contributed by atoms with E-state index >= 15 is 0 Å². The first kappa shape index (κ1) is 21.0. The fraction of sp³-hybridized carbons (Fsp3) is 0.407. The Morgan fingerprint density at radius 3 is 2.50 bits per heavy atom. The summed E-state index contributed by atoms with van der Waals surface area (Å²) in [5.74, 6) is 1.19. The number of fused-ring (bicyclic) bond motifs is 1. The van der Waals surface area contributed by atoms with E-state index in [2.05, 4.69) is 66.3 Å². The van der Waals surface area contributed by atoms with Gasteiger partial charge in [-0.2, -0.15) is 0 Å². The molecule has 5 heteroatoms. The highest BCUT2D eigenvalue weighted by molar-refractivity contribution is 5.88. The lowest BCUT2D eigenvalue weighted by atomic mass is 9.98. The number of carbonyl (C=O) groups excluding carboxylic acids is 1. The van der Waals surface area contributed by atoms with Gasteiger partial charge in [0, 0.05) is 37.5 Å². The van der Waals surface area contributed by atoms with E-state index in [0.29, 0.717) is 5.91 Å². The number of benzene rings is 2. The van der Waals surface area contributed by atoms with Gasteiger partial charge >= 0.3 is 0 Å². The zero-order chi connectivity index (χ0) is 22.1. The van der Waals surface area contributed by atoms with Gasteiger partial charge in [0.05, 0.1) is 11.6 Å². The summed E-state index contributed by atoms with van der Waals surface area (Å²) in [6.45, 7) is 4.74. The molecule has 2 aliphatic heterocycles. The van der Waals surface area contributed by atoms with Crippen molar-refractivity contribution in [2.75, 3.05) is 26.7 Å². The SMILES string of the molecule is Cc1c(-c2ccc(OC3CCN(C(=O)[C@H]4CCCN4C)CC3)cc2)ccc2cccnc12. The van der Waals surface area contributed by atoms with E-state index in [1.807, 2.05) is 17.2 Å². The number of amides is 1. The number of ether oxygens (including phenoxy) is 1. The number of hydrogen-bond acceptors (Lipinski definition) is 4. The molecule has 3 heterocycles. The maximum Gasteiger partial charge on any atom is 0.239 e. The first-order chi connectivity index (χ1) is 15.6. The van der Waals surface area contributed by atoms with Gasteiger partial charge in [0.15, 0.2) is 0 Å². The Morgan fingerprint density at radius 1 is 1.00 bits per heavy atom. The van der Waals surface area contributed by atoms with Gasteiger partial charge in [-0.05, 0) is 68.2 Å². The van der Waals surface area contributed by atoms with Crippen LogP contribution in [0.15, 0.2) is 54.7 Å². The van der Waals surface area contributed by atoms with Crippen molar-refractivity contribution in [1.29, 1.82) is 0 Å². The zero-order valence-corrected chi connectivity index (χ0v) is 19.0. The molecule has 3 aromatic rings. The number of aromatic nitrogens is 1. The van der Waals surface area contributed by atoms with Crippen LogP contribution in [0.2, 0.25) is 0 Å². The molecule has 2 aliphatic rings. The normalized spacial score (nSPS) is 20.1. The molecule has 1 aromatic heterocycles. The van der Waals surface area contributed by atoms with Crippen LogP contribution in [0.4, 0.5) is 0 Å². The number of pyridine rings is 1. The summed E-state index contributed by atoms with van der Waals surface area (Å²) in [6.07, 6.45) is 5.90. The Morgan fingerprint density at radius 2 is 1.78 bits per heavy atom. The molecule has 5 nitrogen and oxygen atoms in total. The van der Waals surface area contributed by atoms with E-state index in [1.54, 1.807) is 0 Å². The maximum absolute atomic E-state index is 12.8. The fourth-order valence-electron chi connectivity index (χ4n) is 5.14. The van der Waals surface area contributed by atoms with Gasteiger partial charge < -0.3 is 9.64 Å². The Hall–Kier alpha value is -2.92. The van der Waals surface area contributed by atoms with Crippen molar-refractivity contribution in [1.82, 2.24) is 14.8 Å². The van der Waals surface area contributed by atoms with Crippen molar-refractivity contribution in [2.45, 2.75) is 44.8 Å². The number of likely N-dealkylation sites (N-methyl/N-ethyl adjacent to an activating group) is 1. The molecule has 0 spiro atoms. The first-order valence-electron chi connectivity index (χ1n) is 11.7. The van der Waals surface area contributed by atoms with Crippen LogP contribution < -0.4 is 4.74 Å². The molecule has 0 unspecified atom stereocenters. The number of likely N-dealkylation sites (tertiary alicyclic amines) is 2. The fourth-order valence-corrected chi connectivity index (χ4v) is 5.14. The average molecular weight is 430 g/mol. The summed E-state index contributed by atoms with van der Waals surface area (Å²) in [7, 11) is 2.06. The maximum atomic E-state index is 12.8. The molecule has 2 saturated heterocycles. The summed E-state index contributed by atoms with van der Waals surface area (Å²) in [4.78, 5) is 21.6. The van der Waals surface area contributed by atoms with E-state index in [-0.39, 0.29) is 12.1 Å². The van der Waals surface area contributed by atoms with Crippen LogP contribution in [0, 0.1) is 6.92 Å². The predicted molar refractivity (Wildman–Crippen MR) is 128 cm³/mol. The van der Waals surface area contributed by atoms with Gasteiger partial charge in [-0.1, -0.05) is 30.3 Å². The van der Waals surface area contributed by atoms with Crippen LogP contribution in [-0.2, 0) is 4.79 Å². The van der Waals surface area contributed by atoms with E-state index < -0.39 is 0 Å². The molecule has 0 N–H and O–H groups in total. The van der Waals surface area contributed by atoms with Crippen molar-refractivity contribution in [3.05, 3.63) is 60.3 Å². The highest BCUT2D eigenvalue weighted by Gasteiger charge is 2.33. The van der Waals surface area contributed by atoms with E-state index in [4.69, 9.17) is 4.74 Å². The molecule has 1 atom stereocenters. The van der Waals surface area contributed by atoms with Crippen molar-refractivity contribution in [3.63, 3.8) is 0 Å². The Bertz CT molecular complexity index is 1100. The van der Waals surface area contributed by atoms with E-state index in [9.17, 15) is 4.79 Å². The van der Waals surface area contributed by atoms with Gasteiger partial charge in [0.25, 0.3) is 0 Å². The minimum absolute atomic E-state index is 0.0776. The van der Waals surface area contributed by atoms with E-state index in [1.165, 1.54) is 16.7 Å². The number of nitrogens with zero attached hydrogens (tertiary/aromatic N) is 3. The summed E-state index contributed by atoms with van der Waals surface area (Å²) in [5.41, 5.74) is 4.62. The second kappa shape index (κ2) is 8.91. The average Bonchev–Trinajstić information content (AvgIpc) is 3.26. The number of rotatable bonds is 4. The van der Waals surface area contributed by atoms with Gasteiger partial charge in [-0.15, -0.1) is 0 Å². The van der Waals surface area contributed by atoms with Crippen LogP contribution >= 0.6 is 0 Å². The molecule has 5 rings (SSSR count). The van der Waals surface area contributed by atoms with Crippen LogP contribution in [0.3, 0.4) is 0 Å². The second-order valence-electron chi connectivity index (χ2n) is 9.12. The lowest BCUT2D eigenvalue weighted by molar-refractivity contribution is -0.137.